The minimum absolute atomic E-state index is 0.0485. The lowest BCUT2D eigenvalue weighted by Gasteiger charge is -2.05. The van der Waals surface area contributed by atoms with Crippen molar-refractivity contribution in [1.29, 1.82) is 0 Å². The van der Waals surface area contributed by atoms with Gasteiger partial charge in [0.25, 0.3) is 6.43 Å². The van der Waals surface area contributed by atoms with Crippen molar-refractivity contribution in [3.8, 4) is 0 Å². The molecule has 3 nitrogen and oxygen atoms in total. The van der Waals surface area contributed by atoms with Crippen molar-refractivity contribution in [1.82, 2.24) is 4.98 Å². The number of aromatic carboxylic acids is 1. The quantitative estimate of drug-likeness (QED) is 0.669. The van der Waals surface area contributed by atoms with Crippen LogP contribution in [0.15, 0.2) is 6.07 Å². The minimum atomic E-state index is -2.92. The Morgan fingerprint density at radius 1 is 1.64 bits per heavy atom. The maximum atomic E-state index is 12.3. The maximum absolute atomic E-state index is 12.3. The van der Waals surface area contributed by atoms with Gasteiger partial charge in [0.05, 0.1) is 10.6 Å². The second-order valence-electron chi connectivity index (χ2n) is 2.30. The summed E-state index contributed by atoms with van der Waals surface area (Å²) >= 11 is 7.21. The molecule has 0 aliphatic carbocycles. The number of hydrogen-bond acceptors (Lipinski definition) is 2. The van der Waals surface area contributed by atoms with Gasteiger partial charge in [-0.05, 0) is 28.7 Å². The van der Waals surface area contributed by atoms with Crippen LogP contribution in [0.5, 0.6) is 0 Å². The molecule has 0 aromatic carbocycles. The monoisotopic (exact) mass is 333 g/mol. The zero-order valence-electron chi connectivity index (χ0n) is 6.47. The fraction of sp³-hybridized carbons (Fsp3) is 0.143. The Labute approximate surface area is 96.2 Å². The molecule has 0 spiro atoms. The van der Waals surface area contributed by atoms with Gasteiger partial charge in [-0.25, -0.2) is 18.6 Å². The summed E-state index contributed by atoms with van der Waals surface area (Å²) in [6.45, 7) is 0. The number of pyridine rings is 1. The SMILES string of the molecule is O=C(O)c1cc(Cl)c(I)nc1C(F)F. The summed E-state index contributed by atoms with van der Waals surface area (Å²) in [6.07, 6.45) is -2.92. The van der Waals surface area contributed by atoms with Crippen LogP contribution in [0.4, 0.5) is 8.78 Å². The van der Waals surface area contributed by atoms with Gasteiger partial charge in [-0.3, -0.25) is 0 Å². The van der Waals surface area contributed by atoms with E-state index >= 15 is 0 Å². The average Bonchev–Trinajstić information content (AvgIpc) is 2.08. The van der Waals surface area contributed by atoms with E-state index in [9.17, 15) is 13.6 Å². The number of halogens is 4. The van der Waals surface area contributed by atoms with Crippen LogP contribution in [-0.4, -0.2) is 16.1 Å². The van der Waals surface area contributed by atoms with Gasteiger partial charge >= 0.3 is 5.97 Å². The van der Waals surface area contributed by atoms with E-state index in [0.717, 1.165) is 6.07 Å². The van der Waals surface area contributed by atoms with Gasteiger partial charge in [0, 0.05) is 0 Å². The number of alkyl halides is 2. The van der Waals surface area contributed by atoms with E-state index in [1.54, 1.807) is 22.6 Å². The molecule has 76 valence electrons. The predicted octanol–water partition coefficient (Wildman–Crippen LogP) is 2.98. The van der Waals surface area contributed by atoms with Gasteiger partial charge in [-0.15, -0.1) is 0 Å². The number of carboxylic acid groups (broad SMARTS) is 1. The van der Waals surface area contributed by atoms with E-state index in [-0.39, 0.29) is 8.72 Å². The first kappa shape index (κ1) is 11.6. The summed E-state index contributed by atoms with van der Waals surface area (Å²) in [7, 11) is 0. The molecule has 1 heterocycles. The van der Waals surface area contributed by atoms with Crippen LogP contribution in [0.3, 0.4) is 0 Å². The first-order valence-electron chi connectivity index (χ1n) is 3.31. The number of aromatic nitrogens is 1. The Kier molecular flexibility index (Phi) is 3.59. The Morgan fingerprint density at radius 2 is 2.21 bits per heavy atom. The van der Waals surface area contributed by atoms with E-state index in [1.807, 2.05) is 0 Å². The Balaban J connectivity index is 3.39. The van der Waals surface area contributed by atoms with E-state index < -0.39 is 23.7 Å². The second-order valence-corrected chi connectivity index (χ2v) is 3.73. The van der Waals surface area contributed by atoms with Gasteiger partial charge < -0.3 is 5.11 Å². The molecule has 0 bridgehead atoms. The third-order valence-corrected chi connectivity index (χ3v) is 2.83. The van der Waals surface area contributed by atoms with Crippen molar-refractivity contribution in [2.45, 2.75) is 6.43 Å². The molecule has 7 heteroatoms. The van der Waals surface area contributed by atoms with Gasteiger partial charge in [-0.2, -0.15) is 0 Å². The van der Waals surface area contributed by atoms with Crippen molar-refractivity contribution < 1.29 is 18.7 Å². The molecule has 1 aromatic heterocycles. The van der Waals surface area contributed by atoms with Crippen molar-refractivity contribution in [2.24, 2.45) is 0 Å². The molecule has 14 heavy (non-hydrogen) atoms. The minimum Gasteiger partial charge on any atom is -0.478 e. The lowest BCUT2D eigenvalue weighted by Crippen LogP contribution is -2.06. The average molecular weight is 333 g/mol. The number of carboxylic acids is 1. The standard InChI is InChI=1S/C7H3ClF2INO2/c8-3-1-2(7(13)14)4(5(9)10)12-6(3)11/h1,5H,(H,13,14). The molecule has 1 N–H and O–H groups in total. The fourth-order valence-corrected chi connectivity index (χ4v) is 1.38. The number of rotatable bonds is 2. The van der Waals surface area contributed by atoms with E-state index in [0.29, 0.717) is 0 Å². The Bertz CT molecular complexity index is 386. The molecule has 0 radical (unpaired) electrons. The van der Waals surface area contributed by atoms with Crippen LogP contribution in [0.25, 0.3) is 0 Å². The second kappa shape index (κ2) is 4.35. The molecular formula is C7H3ClF2INO2. The van der Waals surface area contributed by atoms with Gasteiger partial charge in [0.2, 0.25) is 0 Å². The highest BCUT2D eigenvalue weighted by Crippen LogP contribution is 2.26. The number of hydrogen-bond donors (Lipinski definition) is 1. The van der Waals surface area contributed by atoms with E-state index in [4.69, 9.17) is 16.7 Å². The predicted molar refractivity (Wildman–Crippen MR) is 53.9 cm³/mol. The summed E-state index contributed by atoms with van der Waals surface area (Å²) in [6, 6.07) is 0.972. The van der Waals surface area contributed by atoms with Crippen LogP contribution in [0.2, 0.25) is 5.02 Å². The molecule has 0 unspecified atom stereocenters. The van der Waals surface area contributed by atoms with Crippen LogP contribution in [0.1, 0.15) is 22.5 Å². The molecule has 0 saturated heterocycles. The summed E-state index contributed by atoms with van der Waals surface area (Å²) < 4.78 is 24.8. The first-order valence-corrected chi connectivity index (χ1v) is 4.76. The van der Waals surface area contributed by atoms with Gasteiger partial charge in [-0.1, -0.05) is 11.6 Å². The highest BCUT2D eigenvalue weighted by atomic mass is 127. The van der Waals surface area contributed by atoms with Crippen molar-refractivity contribution in [3.63, 3.8) is 0 Å². The lowest BCUT2D eigenvalue weighted by atomic mass is 10.2. The van der Waals surface area contributed by atoms with Gasteiger partial charge in [0.15, 0.2) is 0 Å². The van der Waals surface area contributed by atoms with Crippen LogP contribution >= 0.6 is 34.2 Å². The molecule has 0 aliphatic heterocycles. The topological polar surface area (TPSA) is 50.2 Å². The molecular weight excluding hydrogens is 330 g/mol. The zero-order valence-corrected chi connectivity index (χ0v) is 9.38. The molecule has 1 rings (SSSR count). The summed E-state index contributed by atoms with van der Waals surface area (Å²) in [5.74, 6) is -1.47. The van der Waals surface area contributed by atoms with E-state index in [2.05, 4.69) is 4.98 Å². The van der Waals surface area contributed by atoms with Gasteiger partial charge in [0.1, 0.15) is 9.39 Å². The molecule has 0 amide bonds. The number of nitrogens with zero attached hydrogens (tertiary/aromatic N) is 1. The Morgan fingerprint density at radius 3 is 2.64 bits per heavy atom. The smallest absolute Gasteiger partial charge is 0.337 e. The highest BCUT2D eigenvalue weighted by Gasteiger charge is 2.21. The zero-order chi connectivity index (χ0) is 10.9. The summed E-state index contributed by atoms with van der Waals surface area (Å²) in [5.41, 5.74) is -1.32. The molecule has 1 aromatic rings. The maximum Gasteiger partial charge on any atom is 0.337 e. The molecule has 0 atom stereocenters. The molecule has 0 fully saturated rings. The summed E-state index contributed by atoms with van der Waals surface area (Å²) in [5, 5.41) is 8.64. The molecule has 0 saturated carbocycles. The van der Waals surface area contributed by atoms with Crippen LogP contribution < -0.4 is 0 Å². The normalized spacial score (nSPS) is 10.6. The van der Waals surface area contributed by atoms with Crippen LogP contribution in [-0.2, 0) is 0 Å². The summed E-state index contributed by atoms with van der Waals surface area (Å²) in [4.78, 5) is 14.0. The van der Waals surface area contributed by atoms with Crippen molar-refractivity contribution >= 4 is 40.2 Å². The van der Waals surface area contributed by atoms with Crippen molar-refractivity contribution in [3.05, 3.63) is 26.0 Å². The number of carbonyl (C=O) groups is 1. The third-order valence-electron chi connectivity index (χ3n) is 1.40. The highest BCUT2D eigenvalue weighted by molar-refractivity contribution is 14.1. The van der Waals surface area contributed by atoms with E-state index in [1.165, 1.54) is 0 Å². The van der Waals surface area contributed by atoms with Crippen LogP contribution in [0, 0.1) is 3.70 Å². The van der Waals surface area contributed by atoms with Crippen molar-refractivity contribution in [2.75, 3.05) is 0 Å². The third kappa shape index (κ3) is 2.30. The fourth-order valence-electron chi connectivity index (χ4n) is 0.817. The largest absolute Gasteiger partial charge is 0.478 e. The lowest BCUT2D eigenvalue weighted by molar-refractivity contribution is 0.0682. The first-order chi connectivity index (χ1) is 6.43. The molecule has 0 aliphatic rings. The Hall–Kier alpha value is -0.500.